The van der Waals surface area contributed by atoms with E-state index in [2.05, 4.69) is 19.1 Å². The zero-order chi connectivity index (χ0) is 23.2. The maximum atomic E-state index is 11.8. The molecule has 0 aromatic heterocycles. The van der Waals surface area contributed by atoms with Crippen molar-refractivity contribution in [1.82, 2.24) is 0 Å². The van der Waals surface area contributed by atoms with Gasteiger partial charge in [-0.15, -0.1) is 0 Å². The lowest BCUT2D eigenvalue weighted by Crippen LogP contribution is -2.58. The first-order chi connectivity index (χ1) is 14.2. The second kappa shape index (κ2) is 15.0. The Balaban J connectivity index is 5.87. The lowest BCUT2D eigenvalue weighted by atomic mass is 9.95. The molecule has 0 radical (unpaired) electrons. The Hall–Kier alpha value is -1.89. The number of allylic oxidation sites excluding steroid dienone is 2. The monoisotopic (exact) mass is 428 g/mol. The molecule has 0 aromatic carbocycles. The van der Waals surface area contributed by atoms with Crippen LogP contribution in [-0.4, -0.2) is 63.9 Å². The number of nitrogens with zero attached hydrogens (tertiary/aromatic N) is 1. The van der Waals surface area contributed by atoms with Gasteiger partial charge in [0.1, 0.15) is 17.8 Å². The van der Waals surface area contributed by atoms with Crippen LogP contribution in [0.3, 0.4) is 0 Å². The summed E-state index contributed by atoms with van der Waals surface area (Å²) in [6.45, 7) is 8.91. The van der Waals surface area contributed by atoms with Crippen LogP contribution < -0.4 is 0 Å². The molecule has 0 spiro atoms. The highest BCUT2D eigenvalue weighted by Crippen LogP contribution is 2.25. The topological polar surface area (TPSA) is 112 Å². The van der Waals surface area contributed by atoms with Gasteiger partial charge in [-0.1, -0.05) is 39.8 Å². The van der Waals surface area contributed by atoms with Gasteiger partial charge in [0.25, 0.3) is 0 Å². The van der Waals surface area contributed by atoms with Crippen LogP contribution >= 0.6 is 0 Å². The highest BCUT2D eigenvalue weighted by molar-refractivity contribution is 5.71. The lowest BCUT2D eigenvalue weighted by molar-refractivity contribution is -0.935. The Bertz CT molecular complexity index is 500. The molecule has 3 atom stereocenters. The average molecular weight is 429 g/mol. The largest absolute Gasteiger partial charge is 0.481 e. The number of hydrogen-bond acceptors (Lipinski definition) is 3. The predicted molar refractivity (Wildman–Crippen MR) is 117 cm³/mol. The second-order valence-electron chi connectivity index (χ2n) is 8.32. The van der Waals surface area contributed by atoms with E-state index in [4.69, 9.17) is 0 Å². The highest BCUT2D eigenvalue weighted by Gasteiger charge is 2.40. The molecule has 174 valence electrons. The standard InChI is InChI=1S/C23H41NO6/c1-5-9-10-11-12-13-14-24(15-18(6-2)21(25)26,16-19(7-3)22(27)28)17-20(8-4)23(29)30/h9-10,18-20H,5-8,11-17H2,1-4H3,(H2-,25,26,27,28,29,30)/p+1/b10-9+. The van der Waals surface area contributed by atoms with Gasteiger partial charge < -0.3 is 19.8 Å². The summed E-state index contributed by atoms with van der Waals surface area (Å²) in [6.07, 6.45) is 9.13. The number of carbonyl (C=O) groups is 3. The minimum Gasteiger partial charge on any atom is -0.481 e. The van der Waals surface area contributed by atoms with Gasteiger partial charge in [0.2, 0.25) is 0 Å². The summed E-state index contributed by atoms with van der Waals surface area (Å²) >= 11 is 0. The third kappa shape index (κ3) is 10.2. The molecule has 30 heavy (non-hydrogen) atoms. The van der Waals surface area contributed by atoms with Crippen molar-refractivity contribution < 1.29 is 34.2 Å². The number of unbranched alkanes of at least 4 members (excludes halogenated alkanes) is 2. The molecule has 0 rings (SSSR count). The summed E-state index contributed by atoms with van der Waals surface area (Å²) in [7, 11) is 0. The number of quaternary nitrogens is 1. The maximum Gasteiger partial charge on any atom is 0.312 e. The van der Waals surface area contributed by atoms with E-state index in [-0.39, 0.29) is 24.1 Å². The molecule has 0 aliphatic heterocycles. The van der Waals surface area contributed by atoms with Gasteiger partial charge in [-0.2, -0.15) is 0 Å². The SMILES string of the molecule is CC/C=C/CCCC[N+](CC(CC)C(=O)O)(CC(CC)C(=O)O)CC(CC)C(=O)O. The molecule has 0 saturated carbocycles. The Morgan fingerprint density at radius 3 is 1.40 bits per heavy atom. The van der Waals surface area contributed by atoms with E-state index < -0.39 is 35.7 Å². The van der Waals surface area contributed by atoms with Gasteiger partial charge in [0, 0.05) is 0 Å². The molecule has 0 heterocycles. The number of hydrogen-bond donors (Lipinski definition) is 3. The van der Waals surface area contributed by atoms with Crippen molar-refractivity contribution in [1.29, 1.82) is 0 Å². The summed E-state index contributed by atoms with van der Waals surface area (Å²) in [5.41, 5.74) is 0. The normalized spacial score (nSPS) is 16.7. The van der Waals surface area contributed by atoms with E-state index in [0.717, 1.165) is 25.7 Å². The van der Waals surface area contributed by atoms with Gasteiger partial charge >= 0.3 is 17.9 Å². The van der Waals surface area contributed by atoms with Crippen molar-refractivity contribution in [2.24, 2.45) is 17.8 Å². The predicted octanol–water partition coefficient (Wildman–Crippen LogP) is 4.27. The van der Waals surface area contributed by atoms with Crippen LogP contribution in [0, 0.1) is 17.8 Å². The molecule has 0 saturated heterocycles. The summed E-state index contributed by atoms with van der Waals surface area (Å²) in [6, 6.07) is 0. The van der Waals surface area contributed by atoms with Crippen molar-refractivity contribution >= 4 is 17.9 Å². The summed E-state index contributed by atoms with van der Waals surface area (Å²) in [4.78, 5) is 35.3. The van der Waals surface area contributed by atoms with Crippen LogP contribution in [0.15, 0.2) is 12.2 Å². The maximum absolute atomic E-state index is 11.8. The molecule has 7 nitrogen and oxygen atoms in total. The fourth-order valence-corrected chi connectivity index (χ4v) is 4.04. The Labute approximate surface area is 181 Å². The molecule has 3 N–H and O–H groups in total. The quantitative estimate of drug-likeness (QED) is 0.171. The molecule has 0 aliphatic carbocycles. The first kappa shape index (κ1) is 28.1. The van der Waals surface area contributed by atoms with E-state index in [1.165, 1.54) is 0 Å². The average Bonchev–Trinajstić information content (AvgIpc) is 2.70. The summed E-state index contributed by atoms with van der Waals surface area (Å²) in [5.74, 6) is -4.58. The molecule has 0 aromatic rings. The molecule has 7 heteroatoms. The van der Waals surface area contributed by atoms with Crippen LogP contribution in [0.4, 0.5) is 0 Å². The van der Waals surface area contributed by atoms with Crippen LogP contribution in [0.1, 0.15) is 72.6 Å². The van der Waals surface area contributed by atoms with Crippen molar-refractivity contribution in [2.75, 3.05) is 26.2 Å². The number of carboxylic acids is 3. The first-order valence-corrected chi connectivity index (χ1v) is 11.3. The Morgan fingerprint density at radius 1 is 0.700 bits per heavy atom. The fourth-order valence-electron chi connectivity index (χ4n) is 4.04. The molecule has 0 bridgehead atoms. The van der Waals surface area contributed by atoms with Crippen molar-refractivity contribution in [3.8, 4) is 0 Å². The lowest BCUT2D eigenvalue weighted by Gasteiger charge is -2.43. The Kier molecular flexibility index (Phi) is 14.0. The van der Waals surface area contributed by atoms with E-state index in [1.807, 2.05) is 20.8 Å². The first-order valence-electron chi connectivity index (χ1n) is 11.3. The van der Waals surface area contributed by atoms with Gasteiger partial charge in [-0.05, 0) is 44.9 Å². The van der Waals surface area contributed by atoms with Gasteiger partial charge in [0.05, 0.1) is 26.2 Å². The fraction of sp³-hybridized carbons (Fsp3) is 0.783. The second-order valence-corrected chi connectivity index (χ2v) is 8.32. The van der Waals surface area contributed by atoms with Crippen molar-refractivity contribution in [3.63, 3.8) is 0 Å². The van der Waals surface area contributed by atoms with E-state index in [0.29, 0.717) is 25.8 Å². The smallest absolute Gasteiger partial charge is 0.312 e. The minimum atomic E-state index is -0.905. The van der Waals surface area contributed by atoms with Gasteiger partial charge in [-0.3, -0.25) is 14.4 Å². The van der Waals surface area contributed by atoms with Crippen LogP contribution in [0.25, 0.3) is 0 Å². The number of rotatable bonds is 18. The third-order valence-electron chi connectivity index (χ3n) is 6.00. The number of carboxylic acid groups (broad SMARTS) is 3. The summed E-state index contributed by atoms with van der Waals surface area (Å²) < 4.78 is 0.234. The molecule has 0 fully saturated rings. The Morgan fingerprint density at radius 2 is 1.10 bits per heavy atom. The molecule has 3 unspecified atom stereocenters. The summed E-state index contributed by atoms with van der Waals surface area (Å²) in [5, 5.41) is 29.0. The molecular formula is C23H42NO6+. The van der Waals surface area contributed by atoms with Crippen molar-refractivity contribution in [2.45, 2.75) is 72.6 Å². The molecule has 0 amide bonds. The highest BCUT2D eigenvalue weighted by atomic mass is 16.4. The minimum absolute atomic E-state index is 0.234. The van der Waals surface area contributed by atoms with E-state index in [1.54, 1.807) is 0 Å². The zero-order valence-corrected chi connectivity index (χ0v) is 19.2. The zero-order valence-electron chi connectivity index (χ0n) is 19.2. The molecule has 0 aliphatic rings. The van der Waals surface area contributed by atoms with Crippen molar-refractivity contribution in [3.05, 3.63) is 12.2 Å². The molecular weight excluding hydrogens is 386 g/mol. The third-order valence-corrected chi connectivity index (χ3v) is 6.00. The van der Waals surface area contributed by atoms with Crippen LogP contribution in [-0.2, 0) is 14.4 Å². The van der Waals surface area contributed by atoms with E-state index >= 15 is 0 Å². The van der Waals surface area contributed by atoms with Crippen LogP contribution in [0.5, 0.6) is 0 Å². The van der Waals surface area contributed by atoms with Gasteiger partial charge in [0.15, 0.2) is 0 Å². The van der Waals surface area contributed by atoms with Gasteiger partial charge in [-0.25, -0.2) is 0 Å². The van der Waals surface area contributed by atoms with E-state index in [9.17, 15) is 29.7 Å². The van der Waals surface area contributed by atoms with Crippen LogP contribution in [0.2, 0.25) is 0 Å². The number of aliphatic carboxylic acids is 3.